The van der Waals surface area contributed by atoms with Crippen molar-refractivity contribution >= 4 is 0 Å². The molecule has 4 rings (SSSR count). The van der Waals surface area contributed by atoms with E-state index in [4.69, 9.17) is 0 Å². The number of aliphatic hydroxyl groups excluding tert-OH is 1. The van der Waals surface area contributed by atoms with Crippen LogP contribution in [0.4, 0.5) is 0 Å². The van der Waals surface area contributed by atoms with Crippen LogP contribution in [-0.2, 0) is 0 Å². The Bertz CT molecular complexity index is 591. The van der Waals surface area contributed by atoms with Gasteiger partial charge in [0.2, 0.25) is 0 Å². The summed E-state index contributed by atoms with van der Waals surface area (Å²) in [6.07, 6.45) is 17.2. The molecule has 0 unspecified atom stereocenters. The molecule has 1 heteroatoms. The Labute approximate surface area is 174 Å². The molecule has 0 aromatic carbocycles. The molecule has 1 N–H and O–H groups in total. The first-order chi connectivity index (χ1) is 13.3. The van der Waals surface area contributed by atoms with Crippen molar-refractivity contribution in [2.75, 3.05) is 0 Å². The van der Waals surface area contributed by atoms with Gasteiger partial charge in [-0.05, 0) is 97.7 Å². The first-order valence-electron chi connectivity index (χ1n) is 12.6. The van der Waals surface area contributed by atoms with Crippen LogP contribution >= 0.6 is 0 Å². The fraction of sp³-hybridized carbons (Fsp3) is 0.926. The molecule has 0 bridgehead atoms. The lowest BCUT2D eigenvalue weighted by Gasteiger charge is -2.58. The number of hydrogen-bond donors (Lipinski definition) is 1. The average Bonchev–Trinajstić information content (AvgIpc) is 2.99. The Kier molecular flexibility index (Phi) is 5.80. The topological polar surface area (TPSA) is 20.2 Å². The highest BCUT2D eigenvalue weighted by molar-refractivity contribution is 5.25. The summed E-state index contributed by atoms with van der Waals surface area (Å²) in [6, 6.07) is 0. The number of hydrogen-bond acceptors (Lipinski definition) is 1. The Balaban J connectivity index is 1.49. The van der Waals surface area contributed by atoms with Crippen molar-refractivity contribution < 1.29 is 5.11 Å². The zero-order chi connectivity index (χ0) is 20.1. The Hall–Kier alpha value is -0.300. The van der Waals surface area contributed by atoms with E-state index in [2.05, 4.69) is 40.7 Å². The summed E-state index contributed by atoms with van der Waals surface area (Å²) < 4.78 is 0. The van der Waals surface area contributed by atoms with Gasteiger partial charge in [0.15, 0.2) is 0 Å². The minimum Gasteiger partial charge on any atom is -0.393 e. The molecule has 4 aliphatic carbocycles. The van der Waals surface area contributed by atoms with Gasteiger partial charge in [0, 0.05) is 0 Å². The summed E-state index contributed by atoms with van der Waals surface area (Å²) in [6.45, 7) is 12.6. The quantitative estimate of drug-likeness (QED) is 0.488. The minimum atomic E-state index is -0.0766. The van der Waals surface area contributed by atoms with Crippen molar-refractivity contribution in [2.45, 2.75) is 111 Å². The highest BCUT2D eigenvalue weighted by atomic mass is 16.3. The van der Waals surface area contributed by atoms with E-state index in [0.717, 1.165) is 48.3 Å². The molecule has 8 atom stereocenters. The van der Waals surface area contributed by atoms with Gasteiger partial charge in [-0.2, -0.15) is 0 Å². The van der Waals surface area contributed by atoms with Crippen LogP contribution in [0.1, 0.15) is 105 Å². The summed E-state index contributed by atoms with van der Waals surface area (Å²) in [4.78, 5) is 0. The highest BCUT2D eigenvalue weighted by Gasteiger charge is 2.59. The maximum absolute atomic E-state index is 10.2. The Morgan fingerprint density at radius 2 is 1.79 bits per heavy atom. The summed E-state index contributed by atoms with van der Waals surface area (Å²) >= 11 is 0. The largest absolute Gasteiger partial charge is 0.393 e. The fourth-order valence-corrected chi connectivity index (χ4v) is 8.67. The second-order valence-electron chi connectivity index (χ2n) is 12.2. The van der Waals surface area contributed by atoms with Crippen LogP contribution < -0.4 is 0 Å². The van der Waals surface area contributed by atoms with Gasteiger partial charge in [-0.25, -0.2) is 0 Å². The SMILES string of the molecule is CC(C)CCC[C@@H](C)[C@@H]1CC[C@H]2[C@H]3CC=C4C[C@@H](O)CC[C@]4(C)[C@@H]3CC[C@@]21C. The van der Waals surface area contributed by atoms with E-state index >= 15 is 0 Å². The number of fused-ring (bicyclic) bond motifs is 5. The first kappa shape index (κ1) is 21.0. The second kappa shape index (κ2) is 7.75. The van der Waals surface area contributed by atoms with Gasteiger partial charge < -0.3 is 5.11 Å². The smallest absolute Gasteiger partial charge is 0.0577 e. The second-order valence-corrected chi connectivity index (χ2v) is 12.2. The Morgan fingerprint density at radius 3 is 2.54 bits per heavy atom. The summed E-state index contributed by atoms with van der Waals surface area (Å²) in [5, 5.41) is 10.2. The zero-order valence-electron chi connectivity index (χ0n) is 19.3. The molecule has 0 aliphatic heterocycles. The van der Waals surface area contributed by atoms with E-state index in [1.165, 1.54) is 57.8 Å². The molecule has 0 spiro atoms. The van der Waals surface area contributed by atoms with Gasteiger partial charge in [0.25, 0.3) is 0 Å². The molecule has 160 valence electrons. The van der Waals surface area contributed by atoms with E-state index in [0.29, 0.717) is 10.8 Å². The molecular formula is C27H46O. The highest BCUT2D eigenvalue weighted by Crippen LogP contribution is 2.67. The monoisotopic (exact) mass is 386 g/mol. The number of allylic oxidation sites excluding steroid dienone is 1. The lowest BCUT2D eigenvalue weighted by Crippen LogP contribution is -2.50. The van der Waals surface area contributed by atoms with Crippen molar-refractivity contribution in [3.63, 3.8) is 0 Å². The molecule has 0 amide bonds. The van der Waals surface area contributed by atoms with Gasteiger partial charge >= 0.3 is 0 Å². The van der Waals surface area contributed by atoms with Crippen LogP contribution in [0.15, 0.2) is 11.6 Å². The Morgan fingerprint density at radius 1 is 1.00 bits per heavy atom. The van der Waals surface area contributed by atoms with E-state index in [1.54, 1.807) is 5.57 Å². The van der Waals surface area contributed by atoms with Crippen molar-refractivity contribution in [2.24, 2.45) is 46.3 Å². The molecule has 1 nitrogen and oxygen atoms in total. The molecule has 0 saturated heterocycles. The number of rotatable bonds is 5. The fourth-order valence-electron chi connectivity index (χ4n) is 8.67. The van der Waals surface area contributed by atoms with Crippen LogP contribution in [0, 0.1) is 46.3 Å². The molecule has 0 radical (unpaired) electrons. The van der Waals surface area contributed by atoms with Gasteiger partial charge in [-0.1, -0.05) is 65.5 Å². The van der Waals surface area contributed by atoms with Crippen LogP contribution in [0.3, 0.4) is 0 Å². The third kappa shape index (κ3) is 3.42. The van der Waals surface area contributed by atoms with Crippen molar-refractivity contribution in [3.8, 4) is 0 Å². The first-order valence-corrected chi connectivity index (χ1v) is 12.6. The molecule has 0 aromatic heterocycles. The predicted octanol–water partition coefficient (Wildman–Crippen LogP) is 7.39. The third-order valence-corrected chi connectivity index (χ3v) is 10.3. The van der Waals surface area contributed by atoms with Crippen LogP contribution in [0.25, 0.3) is 0 Å². The number of aliphatic hydroxyl groups is 1. The van der Waals surface area contributed by atoms with Crippen molar-refractivity contribution in [1.29, 1.82) is 0 Å². The molecule has 3 saturated carbocycles. The van der Waals surface area contributed by atoms with E-state index in [-0.39, 0.29) is 6.10 Å². The predicted molar refractivity (Wildman–Crippen MR) is 119 cm³/mol. The van der Waals surface area contributed by atoms with E-state index in [1.807, 2.05) is 0 Å². The van der Waals surface area contributed by atoms with Crippen molar-refractivity contribution in [3.05, 3.63) is 11.6 Å². The lowest BCUT2D eigenvalue weighted by atomic mass is 9.47. The van der Waals surface area contributed by atoms with Crippen LogP contribution in [-0.4, -0.2) is 11.2 Å². The molecule has 28 heavy (non-hydrogen) atoms. The van der Waals surface area contributed by atoms with Gasteiger partial charge in [0.05, 0.1) is 6.10 Å². The summed E-state index contributed by atoms with van der Waals surface area (Å²) in [5.74, 6) is 5.46. The van der Waals surface area contributed by atoms with E-state index in [9.17, 15) is 5.11 Å². The van der Waals surface area contributed by atoms with Crippen molar-refractivity contribution in [1.82, 2.24) is 0 Å². The molecule has 4 aliphatic rings. The normalized spacial score (nSPS) is 46.5. The lowest BCUT2D eigenvalue weighted by molar-refractivity contribution is -0.0573. The summed E-state index contributed by atoms with van der Waals surface area (Å²) in [5.41, 5.74) is 2.60. The molecule has 3 fully saturated rings. The van der Waals surface area contributed by atoms with Gasteiger partial charge in [-0.15, -0.1) is 0 Å². The maximum atomic E-state index is 10.2. The summed E-state index contributed by atoms with van der Waals surface area (Å²) in [7, 11) is 0. The molecule has 0 heterocycles. The van der Waals surface area contributed by atoms with Gasteiger partial charge in [-0.3, -0.25) is 0 Å². The molecular weight excluding hydrogens is 340 g/mol. The van der Waals surface area contributed by atoms with Gasteiger partial charge in [0.1, 0.15) is 0 Å². The minimum absolute atomic E-state index is 0.0766. The molecule has 0 aromatic rings. The average molecular weight is 387 g/mol. The standard InChI is InChI=1S/C27H46O/c1-18(2)7-6-8-19(3)23-11-12-24-22-10-9-20-17-21(28)13-15-26(20,4)25(22)14-16-27(23,24)5/h9,18-19,21-25,28H,6-8,10-17H2,1-5H3/t19-,21+,22-,23+,24+,25-,26+,27-/m1/s1. The third-order valence-electron chi connectivity index (χ3n) is 10.3. The maximum Gasteiger partial charge on any atom is 0.0577 e. The van der Waals surface area contributed by atoms with Crippen LogP contribution in [0.5, 0.6) is 0 Å². The van der Waals surface area contributed by atoms with Crippen LogP contribution in [0.2, 0.25) is 0 Å². The van der Waals surface area contributed by atoms with E-state index < -0.39 is 0 Å². The zero-order valence-corrected chi connectivity index (χ0v) is 19.3.